The molecule has 1 saturated heterocycles. The van der Waals surface area contributed by atoms with Crippen LogP contribution in [0.4, 0.5) is 0 Å². The minimum Gasteiger partial charge on any atom is -0.394 e. The van der Waals surface area contributed by atoms with Gasteiger partial charge in [0.05, 0.1) is 24.4 Å². The molecule has 112 valence electrons. The van der Waals surface area contributed by atoms with Gasteiger partial charge in [-0.25, -0.2) is 0 Å². The van der Waals surface area contributed by atoms with Crippen LogP contribution in [0.15, 0.2) is 30.3 Å². The van der Waals surface area contributed by atoms with E-state index in [1.165, 1.54) is 0 Å². The van der Waals surface area contributed by atoms with Crippen LogP contribution in [0.25, 0.3) is 0 Å². The number of aliphatic hydroxyl groups excluding tert-OH is 1. The monoisotopic (exact) mass is 278 g/mol. The van der Waals surface area contributed by atoms with Gasteiger partial charge >= 0.3 is 0 Å². The van der Waals surface area contributed by atoms with Crippen LogP contribution in [0, 0.1) is 0 Å². The van der Waals surface area contributed by atoms with Gasteiger partial charge in [-0.15, -0.1) is 0 Å². The van der Waals surface area contributed by atoms with Gasteiger partial charge in [0.25, 0.3) is 0 Å². The molecule has 0 saturated carbocycles. The molecule has 1 aromatic carbocycles. The van der Waals surface area contributed by atoms with Gasteiger partial charge in [0.1, 0.15) is 0 Å². The van der Waals surface area contributed by atoms with Crippen LogP contribution in [-0.2, 0) is 10.3 Å². The molecule has 0 radical (unpaired) electrons. The van der Waals surface area contributed by atoms with Crippen molar-refractivity contribution in [1.29, 1.82) is 0 Å². The number of ether oxygens (including phenoxy) is 1. The maximum absolute atomic E-state index is 9.70. The largest absolute Gasteiger partial charge is 0.394 e. The molecule has 1 aliphatic heterocycles. The summed E-state index contributed by atoms with van der Waals surface area (Å²) >= 11 is 0. The van der Waals surface area contributed by atoms with Gasteiger partial charge in [0.15, 0.2) is 0 Å². The lowest BCUT2D eigenvalue weighted by Gasteiger charge is -2.39. The summed E-state index contributed by atoms with van der Waals surface area (Å²) in [6.45, 7) is 7.65. The van der Waals surface area contributed by atoms with Crippen LogP contribution in [0.1, 0.15) is 25.8 Å². The van der Waals surface area contributed by atoms with Crippen LogP contribution in [-0.4, -0.2) is 48.5 Å². The summed E-state index contributed by atoms with van der Waals surface area (Å²) in [5, 5.41) is 9.70. The summed E-state index contributed by atoms with van der Waals surface area (Å²) in [5.41, 5.74) is 6.63. The Morgan fingerprint density at radius 2 is 2.05 bits per heavy atom. The first-order valence-electron chi connectivity index (χ1n) is 7.27. The molecule has 1 atom stereocenters. The highest BCUT2D eigenvalue weighted by molar-refractivity contribution is 5.24. The van der Waals surface area contributed by atoms with Crippen molar-refractivity contribution >= 4 is 0 Å². The fourth-order valence-electron chi connectivity index (χ4n) is 2.75. The minimum absolute atomic E-state index is 0.0370. The molecule has 4 heteroatoms. The lowest BCUT2D eigenvalue weighted by Crippen LogP contribution is -2.51. The molecule has 1 fully saturated rings. The Labute approximate surface area is 121 Å². The molecular weight excluding hydrogens is 252 g/mol. The van der Waals surface area contributed by atoms with E-state index in [1.807, 2.05) is 30.3 Å². The number of nitrogens with zero attached hydrogens (tertiary/aromatic N) is 1. The molecule has 4 nitrogen and oxygen atoms in total. The van der Waals surface area contributed by atoms with Crippen molar-refractivity contribution in [3.63, 3.8) is 0 Å². The zero-order chi connectivity index (χ0) is 14.6. The second kappa shape index (κ2) is 6.22. The number of rotatable bonds is 5. The summed E-state index contributed by atoms with van der Waals surface area (Å²) in [4.78, 5) is 2.36. The first-order chi connectivity index (χ1) is 9.45. The molecule has 1 heterocycles. The van der Waals surface area contributed by atoms with E-state index in [0.717, 1.165) is 38.2 Å². The molecule has 1 aromatic rings. The Bertz CT molecular complexity index is 422. The smallest absolute Gasteiger partial charge is 0.0753 e. The first kappa shape index (κ1) is 15.4. The quantitative estimate of drug-likeness (QED) is 0.853. The lowest BCUT2D eigenvalue weighted by molar-refractivity contribution is -0.0874. The Morgan fingerprint density at radius 1 is 1.35 bits per heavy atom. The van der Waals surface area contributed by atoms with Crippen molar-refractivity contribution < 1.29 is 9.84 Å². The van der Waals surface area contributed by atoms with Gasteiger partial charge in [-0.05, 0) is 25.8 Å². The predicted octanol–water partition coefficient (Wildman–Crippen LogP) is 1.33. The van der Waals surface area contributed by atoms with E-state index in [0.29, 0.717) is 0 Å². The summed E-state index contributed by atoms with van der Waals surface area (Å²) in [7, 11) is 0. The molecule has 0 aromatic heterocycles. The van der Waals surface area contributed by atoms with E-state index in [2.05, 4.69) is 18.7 Å². The number of nitrogens with two attached hydrogens (primary N) is 1. The fraction of sp³-hybridized carbons (Fsp3) is 0.625. The highest BCUT2D eigenvalue weighted by Gasteiger charge is 2.31. The Morgan fingerprint density at radius 3 is 2.65 bits per heavy atom. The Hall–Kier alpha value is -0.940. The number of morpholine rings is 1. The summed E-state index contributed by atoms with van der Waals surface area (Å²) < 4.78 is 5.72. The van der Waals surface area contributed by atoms with E-state index >= 15 is 0 Å². The lowest BCUT2D eigenvalue weighted by atomic mass is 9.88. The molecule has 20 heavy (non-hydrogen) atoms. The molecule has 1 aliphatic rings. The Kier molecular flexibility index (Phi) is 4.81. The van der Waals surface area contributed by atoms with E-state index in [9.17, 15) is 5.11 Å². The standard InChI is InChI=1S/C16H26N2O2/c1-15(2)12-18(10-11-20-15)9-8-16(17,13-19)14-6-4-3-5-7-14/h3-7,19H,8-13,17H2,1-2H3. The third-order valence-corrected chi connectivity index (χ3v) is 4.01. The molecular formula is C16H26N2O2. The summed E-state index contributed by atoms with van der Waals surface area (Å²) in [5.74, 6) is 0. The van der Waals surface area contributed by atoms with Crippen molar-refractivity contribution in [2.45, 2.75) is 31.4 Å². The fourth-order valence-corrected chi connectivity index (χ4v) is 2.75. The van der Waals surface area contributed by atoms with Crippen molar-refractivity contribution in [3.05, 3.63) is 35.9 Å². The van der Waals surface area contributed by atoms with Crippen LogP contribution in [0.3, 0.4) is 0 Å². The third kappa shape index (κ3) is 3.79. The van der Waals surface area contributed by atoms with Crippen molar-refractivity contribution in [3.8, 4) is 0 Å². The van der Waals surface area contributed by atoms with E-state index in [-0.39, 0.29) is 12.2 Å². The molecule has 0 amide bonds. The van der Waals surface area contributed by atoms with Gasteiger partial charge in [-0.3, -0.25) is 4.90 Å². The van der Waals surface area contributed by atoms with Crippen LogP contribution < -0.4 is 5.73 Å². The number of hydrogen-bond donors (Lipinski definition) is 2. The molecule has 0 aliphatic carbocycles. The van der Waals surface area contributed by atoms with Gasteiger partial charge in [-0.2, -0.15) is 0 Å². The second-order valence-corrected chi connectivity index (χ2v) is 6.31. The highest BCUT2D eigenvalue weighted by Crippen LogP contribution is 2.23. The van der Waals surface area contributed by atoms with E-state index < -0.39 is 5.54 Å². The van der Waals surface area contributed by atoms with Crippen LogP contribution in [0.5, 0.6) is 0 Å². The molecule has 0 spiro atoms. The van der Waals surface area contributed by atoms with Crippen LogP contribution >= 0.6 is 0 Å². The van der Waals surface area contributed by atoms with Crippen molar-refractivity contribution in [2.24, 2.45) is 5.73 Å². The van der Waals surface area contributed by atoms with Gasteiger partial charge in [0, 0.05) is 19.6 Å². The van der Waals surface area contributed by atoms with E-state index in [1.54, 1.807) is 0 Å². The summed E-state index contributed by atoms with van der Waals surface area (Å²) in [6, 6.07) is 9.86. The van der Waals surface area contributed by atoms with Crippen LogP contribution in [0.2, 0.25) is 0 Å². The first-order valence-corrected chi connectivity index (χ1v) is 7.27. The van der Waals surface area contributed by atoms with E-state index in [4.69, 9.17) is 10.5 Å². The minimum atomic E-state index is -0.663. The third-order valence-electron chi connectivity index (χ3n) is 4.01. The maximum Gasteiger partial charge on any atom is 0.0753 e. The molecule has 3 N–H and O–H groups in total. The predicted molar refractivity (Wildman–Crippen MR) is 80.5 cm³/mol. The molecule has 2 rings (SSSR count). The van der Waals surface area contributed by atoms with Crippen molar-refractivity contribution in [1.82, 2.24) is 4.90 Å². The maximum atomic E-state index is 9.70. The average molecular weight is 278 g/mol. The normalized spacial score (nSPS) is 22.4. The Balaban J connectivity index is 1.97. The SMILES string of the molecule is CC1(C)CN(CCC(N)(CO)c2ccccc2)CCO1. The average Bonchev–Trinajstić information content (AvgIpc) is 2.45. The van der Waals surface area contributed by atoms with Gasteiger partial charge in [-0.1, -0.05) is 30.3 Å². The highest BCUT2D eigenvalue weighted by atomic mass is 16.5. The second-order valence-electron chi connectivity index (χ2n) is 6.31. The molecule has 1 unspecified atom stereocenters. The van der Waals surface area contributed by atoms with Crippen molar-refractivity contribution in [2.75, 3.05) is 32.8 Å². The summed E-state index contributed by atoms with van der Waals surface area (Å²) in [6.07, 6.45) is 0.740. The number of aliphatic hydroxyl groups is 1. The zero-order valence-corrected chi connectivity index (χ0v) is 12.5. The van der Waals surface area contributed by atoms with Gasteiger partial charge in [0.2, 0.25) is 0 Å². The topological polar surface area (TPSA) is 58.7 Å². The van der Waals surface area contributed by atoms with Gasteiger partial charge < -0.3 is 15.6 Å². The number of hydrogen-bond acceptors (Lipinski definition) is 4. The number of benzene rings is 1. The molecule has 0 bridgehead atoms. The zero-order valence-electron chi connectivity index (χ0n) is 12.5.